The zero-order chi connectivity index (χ0) is 67.7. The molecule has 18 unspecified atom stereocenters. The second-order valence-electron chi connectivity index (χ2n) is 16.8. The summed E-state index contributed by atoms with van der Waals surface area (Å²) in [5.41, 5.74) is 0. The van der Waals surface area contributed by atoms with Crippen molar-refractivity contribution >= 4 is 119 Å². The van der Waals surface area contributed by atoms with Crippen molar-refractivity contribution in [1.82, 2.24) is 0 Å². The summed E-state index contributed by atoms with van der Waals surface area (Å²) in [7, 11) is 8.67. The molecule has 0 aromatic carbocycles. The third kappa shape index (κ3) is 62.9. The molecule has 0 amide bonds. The fourth-order valence-electron chi connectivity index (χ4n) is 4.11. The first-order valence-electron chi connectivity index (χ1n) is 24.8. The van der Waals surface area contributed by atoms with E-state index >= 15 is 0 Å². The van der Waals surface area contributed by atoms with Crippen molar-refractivity contribution in [2.24, 2.45) is 0 Å². The van der Waals surface area contributed by atoms with Crippen LogP contribution in [0.4, 0.5) is 47.9 Å². The van der Waals surface area contributed by atoms with Crippen LogP contribution in [0, 0.1) is 0 Å². The number of aliphatic hydroxyl groups is 5. The Hall–Kier alpha value is -5.04. The van der Waals surface area contributed by atoms with E-state index in [1.165, 1.54) is 55.4 Å². The van der Waals surface area contributed by atoms with E-state index in [0.29, 0.717) is 6.61 Å². The third-order valence-corrected chi connectivity index (χ3v) is 8.74. The van der Waals surface area contributed by atoms with E-state index in [4.69, 9.17) is 44.1 Å². The normalized spacial score (nSPS) is 17.6. The lowest BCUT2D eigenvalue weighted by Crippen LogP contribution is -2.38. The van der Waals surface area contributed by atoms with Crippen molar-refractivity contribution in [1.29, 1.82) is 0 Å². The van der Waals surface area contributed by atoms with Gasteiger partial charge in [-0.05, 0) is 76.2 Å². The van der Waals surface area contributed by atoms with Gasteiger partial charge in [-0.25, -0.2) is 47.9 Å². The van der Waals surface area contributed by atoms with E-state index in [1.54, 1.807) is 68.1 Å². The van der Waals surface area contributed by atoms with Gasteiger partial charge in [-0.3, -0.25) is 9.47 Å². The fourth-order valence-corrected chi connectivity index (χ4v) is 4.45. The molecule has 0 saturated carbocycles. The van der Waals surface area contributed by atoms with Gasteiger partial charge in [-0.1, -0.05) is 7.43 Å². The maximum atomic E-state index is 11.0. The second kappa shape index (κ2) is 58.1. The minimum Gasteiger partial charge on any atom is -0.432 e. The van der Waals surface area contributed by atoms with Crippen LogP contribution in [0.3, 0.4) is 0 Å². The standard InChI is InChI=1S/5C8H15O7P.C4H6O3.CH4.H3P/c1-5(3-11-7(9)15-16)13-8(10)12-4-6(2)14-8;2*1-5(9)3-12-7(10)14-6(2)4-13-8(11)15-16;2*1-5(3-9)13-8(11)14-6(2)4-12-7(10)15-16;1-3-2-6-4(5)7-3;;/h5-6,10H,3-4,16H2,1-2H3;4*5-6,9H,3-4,16H2,1-2H3;3H,2H2,1H3;1H4;1H3. The molecule has 18 atom stereocenters. The SMILES string of the molecule is C.CC(CO)OC(=O)OC(C)COC(=O)OP.CC(CO)OC(=O)OC(C)COC(=O)OP.CC(COC(=O)OP)OC1(O)OCC(C)O1.CC(O)COC(=O)OC(C)COC(=O)OP.CC(O)COC(=O)OC(C)COC(=O)OP.CC1COC(=O)O1.P. The zero-order valence-corrected chi connectivity index (χ0v) is 57.1. The molecule has 0 radical (unpaired) electrons. The Morgan fingerprint density at radius 3 is 0.933 bits per heavy atom. The van der Waals surface area contributed by atoms with Crippen LogP contribution in [0.5, 0.6) is 0 Å². The van der Waals surface area contributed by atoms with Gasteiger partial charge in [0.2, 0.25) is 0 Å². The highest BCUT2D eigenvalue weighted by molar-refractivity contribution is 7.11. The highest BCUT2D eigenvalue weighted by Crippen LogP contribution is 2.23. The molecule has 2 aliphatic rings. The maximum absolute atomic E-state index is 11.0. The van der Waals surface area contributed by atoms with Gasteiger partial charge in [0.1, 0.15) is 95.6 Å². The van der Waals surface area contributed by atoms with E-state index < -0.39 is 123 Å². The molecular weight excluding hydrogens is 1330 g/mol. The third-order valence-electron chi connectivity index (χ3n) is 7.78. The summed E-state index contributed by atoms with van der Waals surface area (Å²) in [6.07, 6.45) is -17.1. The average Bonchev–Trinajstić information content (AvgIpc) is 3.03. The van der Waals surface area contributed by atoms with Crippen molar-refractivity contribution < 1.29 is 181 Å². The monoisotopic (exact) mass is 1420 g/mol. The van der Waals surface area contributed by atoms with Crippen LogP contribution in [0.15, 0.2) is 0 Å². The molecule has 0 aromatic heterocycles. The average molecular weight is 1420 g/mol. The molecule has 0 bridgehead atoms. The first kappa shape index (κ1) is 95.1. The number of cyclic esters (lactones) is 2. The second-order valence-corrected chi connectivity index (χ2v) is 18.0. The molecule has 0 aliphatic carbocycles. The van der Waals surface area contributed by atoms with E-state index in [1.807, 2.05) is 0 Å². The van der Waals surface area contributed by atoms with E-state index in [2.05, 4.69) is 84.2 Å². The molecule has 2 fully saturated rings. The molecule has 44 heteroatoms. The predicted molar refractivity (Wildman–Crippen MR) is 317 cm³/mol. The number of carbonyl (C=O) groups excluding carboxylic acids is 10. The van der Waals surface area contributed by atoms with E-state index in [-0.39, 0.29) is 95.6 Å². The summed E-state index contributed by atoms with van der Waals surface area (Å²) in [6.45, 7) is 16.2. The van der Waals surface area contributed by atoms with Gasteiger partial charge in [0.05, 0.1) is 91.6 Å². The number of rotatable bonds is 24. The van der Waals surface area contributed by atoms with Gasteiger partial charge < -0.3 is 124 Å². The number of ether oxygens (including phenoxy) is 18. The molecule has 2 saturated heterocycles. The highest BCUT2D eigenvalue weighted by atomic mass is 31.0. The summed E-state index contributed by atoms with van der Waals surface area (Å²) in [5.74, 6) is 0. The van der Waals surface area contributed by atoms with Crippen molar-refractivity contribution in [2.45, 2.75) is 157 Å². The fraction of sp³-hybridized carbons (Fsp3) is 0.778. The van der Waals surface area contributed by atoms with Crippen LogP contribution in [0.25, 0.3) is 0 Å². The Kier molecular flexibility index (Phi) is 62.0. The molecule has 2 aliphatic heterocycles. The first-order chi connectivity index (χ1) is 40.6. The highest BCUT2D eigenvalue weighted by Gasteiger charge is 2.41. The first-order valence-corrected chi connectivity index (χ1v) is 27.2. The molecule has 526 valence electrons. The molecular formula is C45H88O38P6. The summed E-state index contributed by atoms with van der Waals surface area (Å²) < 4.78 is 104. The van der Waals surface area contributed by atoms with Crippen molar-refractivity contribution in [3.8, 4) is 0 Å². The van der Waals surface area contributed by atoms with Gasteiger partial charge in [0, 0.05) is 0 Å². The van der Waals surface area contributed by atoms with Gasteiger partial charge in [-0.2, -0.15) is 9.90 Å². The lowest BCUT2D eigenvalue weighted by atomic mass is 10.4. The van der Waals surface area contributed by atoms with Crippen LogP contribution < -0.4 is 0 Å². The molecule has 38 nitrogen and oxygen atoms in total. The van der Waals surface area contributed by atoms with Crippen LogP contribution in [0.1, 0.15) is 83.6 Å². The summed E-state index contributed by atoms with van der Waals surface area (Å²) in [6, 6.07) is 0. The van der Waals surface area contributed by atoms with E-state index in [9.17, 15) is 53.1 Å². The van der Waals surface area contributed by atoms with Crippen molar-refractivity contribution in [3.05, 3.63) is 0 Å². The van der Waals surface area contributed by atoms with Gasteiger partial charge in [0.15, 0.2) is 0 Å². The zero-order valence-electron chi connectivity index (χ0n) is 49.9. The predicted octanol–water partition coefficient (Wildman–Crippen LogP) is 5.02. The molecule has 0 aromatic rings. The lowest BCUT2D eigenvalue weighted by Gasteiger charge is -2.24. The molecule has 0 spiro atoms. The summed E-state index contributed by atoms with van der Waals surface area (Å²) in [5, 5.41) is 44.5. The number of carbonyl (C=O) groups is 10. The summed E-state index contributed by atoms with van der Waals surface area (Å²) >= 11 is 0. The molecule has 2 heterocycles. The van der Waals surface area contributed by atoms with Crippen LogP contribution in [-0.4, -0.2) is 233 Å². The van der Waals surface area contributed by atoms with Crippen LogP contribution >= 0.6 is 57.2 Å². The maximum Gasteiger partial charge on any atom is 0.510 e. The quantitative estimate of drug-likeness (QED) is 0.0366. The Balaban J connectivity index is -0.000000234. The molecule has 5 N–H and O–H groups in total. The van der Waals surface area contributed by atoms with Gasteiger partial charge in [0.25, 0.3) is 0 Å². The Bertz CT molecular complexity index is 1850. The van der Waals surface area contributed by atoms with Gasteiger partial charge in [-0.15, -0.1) is 0 Å². The van der Waals surface area contributed by atoms with Crippen molar-refractivity contribution in [2.75, 3.05) is 72.7 Å². The topological polar surface area (TPSA) is 484 Å². The van der Waals surface area contributed by atoms with E-state index in [0.717, 1.165) is 0 Å². The molecule has 2 rings (SSSR count). The minimum absolute atomic E-state index is 0. The lowest BCUT2D eigenvalue weighted by molar-refractivity contribution is -0.461. The van der Waals surface area contributed by atoms with Crippen LogP contribution in [0.2, 0.25) is 0 Å². The Morgan fingerprint density at radius 2 is 0.719 bits per heavy atom. The van der Waals surface area contributed by atoms with Gasteiger partial charge >= 0.3 is 67.7 Å². The largest absolute Gasteiger partial charge is 0.510 e. The Labute approximate surface area is 528 Å². The smallest absolute Gasteiger partial charge is 0.432 e. The summed E-state index contributed by atoms with van der Waals surface area (Å²) in [4.78, 5) is 107. The minimum atomic E-state index is -2.06. The molecule has 89 heavy (non-hydrogen) atoms. The van der Waals surface area contributed by atoms with Crippen molar-refractivity contribution in [3.63, 3.8) is 0 Å². The van der Waals surface area contributed by atoms with Crippen LogP contribution in [-0.2, 0) is 108 Å². The number of hydrogen-bond donors (Lipinski definition) is 5. The number of hydrogen-bond acceptors (Lipinski definition) is 38. The number of aliphatic hydroxyl groups excluding tert-OH is 4. The Morgan fingerprint density at radius 1 is 0.449 bits per heavy atom.